The van der Waals surface area contributed by atoms with E-state index in [1.54, 1.807) is 0 Å². The zero-order chi connectivity index (χ0) is 13.5. The number of nitrogens with zero attached hydrogens (tertiary/aromatic N) is 1. The van der Waals surface area contributed by atoms with E-state index in [0.29, 0.717) is 18.6 Å². The zero-order valence-corrected chi connectivity index (χ0v) is 12.6. The first-order chi connectivity index (χ1) is 9.31. The minimum atomic E-state index is 0.348. The number of aliphatic hydroxyl groups is 1. The van der Waals surface area contributed by atoms with Gasteiger partial charge in [-0.15, -0.1) is 0 Å². The van der Waals surface area contributed by atoms with Gasteiger partial charge in [0.25, 0.3) is 0 Å². The second-order valence-electron chi connectivity index (χ2n) is 6.57. The molecule has 0 aromatic rings. The van der Waals surface area contributed by atoms with Crippen LogP contribution in [0.4, 0.5) is 0 Å². The standard InChI is InChI=1S/C16H32N2O/c1-2-9-18-12-14(8-10-19)11-16(13-18)17-15-6-4-3-5-7-15/h14-17,19H,2-13H2,1H3. The molecule has 0 aromatic carbocycles. The average molecular weight is 268 g/mol. The zero-order valence-electron chi connectivity index (χ0n) is 12.6. The van der Waals surface area contributed by atoms with Crippen LogP contribution >= 0.6 is 0 Å². The van der Waals surface area contributed by atoms with Gasteiger partial charge in [-0.3, -0.25) is 0 Å². The molecule has 2 N–H and O–H groups in total. The maximum atomic E-state index is 9.20. The van der Waals surface area contributed by atoms with E-state index in [4.69, 9.17) is 0 Å². The van der Waals surface area contributed by atoms with E-state index >= 15 is 0 Å². The van der Waals surface area contributed by atoms with Crippen molar-refractivity contribution in [3.05, 3.63) is 0 Å². The molecule has 1 aliphatic heterocycles. The number of nitrogens with one attached hydrogen (secondary N) is 1. The number of aliphatic hydroxyl groups excluding tert-OH is 1. The lowest BCUT2D eigenvalue weighted by Crippen LogP contribution is -2.52. The van der Waals surface area contributed by atoms with Crippen molar-refractivity contribution in [3.8, 4) is 0 Å². The lowest BCUT2D eigenvalue weighted by atomic mass is 9.89. The van der Waals surface area contributed by atoms with Crippen molar-refractivity contribution in [3.63, 3.8) is 0 Å². The maximum Gasteiger partial charge on any atom is 0.0434 e. The van der Waals surface area contributed by atoms with E-state index in [-0.39, 0.29) is 0 Å². The monoisotopic (exact) mass is 268 g/mol. The highest BCUT2D eigenvalue weighted by Crippen LogP contribution is 2.23. The summed E-state index contributed by atoms with van der Waals surface area (Å²) >= 11 is 0. The molecule has 112 valence electrons. The van der Waals surface area contributed by atoms with E-state index in [1.807, 2.05) is 0 Å². The van der Waals surface area contributed by atoms with E-state index in [1.165, 1.54) is 64.6 Å². The summed E-state index contributed by atoms with van der Waals surface area (Å²) in [6.07, 6.45) is 10.5. The fourth-order valence-corrected chi connectivity index (χ4v) is 3.92. The Balaban J connectivity index is 1.82. The molecule has 1 heterocycles. The second-order valence-corrected chi connectivity index (χ2v) is 6.57. The van der Waals surface area contributed by atoms with Gasteiger partial charge >= 0.3 is 0 Å². The predicted molar refractivity (Wildman–Crippen MR) is 80.3 cm³/mol. The molecule has 2 aliphatic rings. The molecule has 1 aliphatic carbocycles. The summed E-state index contributed by atoms with van der Waals surface area (Å²) in [7, 11) is 0. The molecule has 2 unspecified atom stereocenters. The third-order valence-corrected chi connectivity index (χ3v) is 4.77. The van der Waals surface area contributed by atoms with Crippen LogP contribution in [0.25, 0.3) is 0 Å². The molecule has 1 saturated heterocycles. The lowest BCUT2D eigenvalue weighted by molar-refractivity contribution is 0.113. The van der Waals surface area contributed by atoms with Crippen molar-refractivity contribution >= 4 is 0 Å². The Hall–Kier alpha value is -0.120. The second kappa shape index (κ2) is 8.23. The predicted octanol–water partition coefficient (Wildman–Crippen LogP) is 2.39. The Bertz CT molecular complexity index is 227. The highest BCUT2D eigenvalue weighted by Gasteiger charge is 2.28. The number of rotatable bonds is 6. The summed E-state index contributed by atoms with van der Waals surface area (Å²) in [6, 6.07) is 1.41. The molecule has 0 spiro atoms. The minimum Gasteiger partial charge on any atom is -0.396 e. The average Bonchev–Trinajstić information content (AvgIpc) is 2.40. The van der Waals surface area contributed by atoms with Crippen LogP contribution in [0, 0.1) is 5.92 Å². The van der Waals surface area contributed by atoms with Gasteiger partial charge in [0, 0.05) is 31.8 Å². The van der Waals surface area contributed by atoms with Gasteiger partial charge in [-0.25, -0.2) is 0 Å². The van der Waals surface area contributed by atoms with Crippen LogP contribution in [0.1, 0.15) is 58.3 Å². The van der Waals surface area contributed by atoms with Gasteiger partial charge < -0.3 is 15.3 Å². The molecular weight excluding hydrogens is 236 g/mol. The van der Waals surface area contributed by atoms with Crippen LogP contribution in [-0.4, -0.2) is 48.3 Å². The van der Waals surface area contributed by atoms with Gasteiger partial charge in [0.05, 0.1) is 0 Å². The van der Waals surface area contributed by atoms with Crippen molar-refractivity contribution < 1.29 is 5.11 Å². The first-order valence-corrected chi connectivity index (χ1v) is 8.41. The number of hydrogen-bond donors (Lipinski definition) is 2. The molecule has 0 radical (unpaired) electrons. The molecule has 1 saturated carbocycles. The van der Waals surface area contributed by atoms with Gasteiger partial charge in [-0.05, 0) is 44.6 Å². The molecule has 2 fully saturated rings. The van der Waals surface area contributed by atoms with E-state index < -0.39 is 0 Å². The molecule has 0 aromatic heterocycles. The summed E-state index contributed by atoms with van der Waals surface area (Å²) in [5, 5.41) is 13.1. The van der Waals surface area contributed by atoms with Gasteiger partial charge in [0.1, 0.15) is 0 Å². The molecule has 2 atom stereocenters. The third kappa shape index (κ3) is 5.05. The molecule has 2 rings (SSSR count). The maximum absolute atomic E-state index is 9.20. The summed E-state index contributed by atoms with van der Waals surface area (Å²) in [5.74, 6) is 0.686. The molecule has 19 heavy (non-hydrogen) atoms. The molecule has 0 amide bonds. The van der Waals surface area contributed by atoms with Crippen molar-refractivity contribution in [1.29, 1.82) is 0 Å². The van der Waals surface area contributed by atoms with Gasteiger partial charge in [-0.1, -0.05) is 26.2 Å². The lowest BCUT2D eigenvalue weighted by Gasteiger charge is -2.40. The highest BCUT2D eigenvalue weighted by molar-refractivity contribution is 4.86. The molecule has 0 bridgehead atoms. The largest absolute Gasteiger partial charge is 0.396 e. The van der Waals surface area contributed by atoms with Gasteiger partial charge in [0.2, 0.25) is 0 Å². The van der Waals surface area contributed by atoms with Gasteiger partial charge in [0.15, 0.2) is 0 Å². The Morgan fingerprint density at radius 2 is 1.89 bits per heavy atom. The Kier molecular flexibility index (Phi) is 6.62. The van der Waals surface area contributed by atoms with Crippen LogP contribution < -0.4 is 5.32 Å². The van der Waals surface area contributed by atoms with Crippen molar-refractivity contribution in [2.75, 3.05) is 26.2 Å². The summed E-state index contributed by atoms with van der Waals surface area (Å²) in [6.45, 7) is 6.23. The van der Waals surface area contributed by atoms with E-state index in [0.717, 1.165) is 12.5 Å². The SMILES string of the molecule is CCCN1CC(CCO)CC(NC2CCCCC2)C1. The van der Waals surface area contributed by atoms with Crippen LogP contribution in [0.2, 0.25) is 0 Å². The van der Waals surface area contributed by atoms with Crippen LogP contribution in [-0.2, 0) is 0 Å². The molecular formula is C16H32N2O. The van der Waals surface area contributed by atoms with Crippen LogP contribution in [0.3, 0.4) is 0 Å². The smallest absolute Gasteiger partial charge is 0.0434 e. The fraction of sp³-hybridized carbons (Fsp3) is 1.00. The quantitative estimate of drug-likeness (QED) is 0.776. The number of piperidine rings is 1. The Morgan fingerprint density at radius 3 is 2.58 bits per heavy atom. The first-order valence-electron chi connectivity index (χ1n) is 8.41. The first kappa shape index (κ1) is 15.3. The van der Waals surface area contributed by atoms with Crippen LogP contribution in [0.5, 0.6) is 0 Å². The van der Waals surface area contributed by atoms with Crippen molar-refractivity contribution in [1.82, 2.24) is 10.2 Å². The summed E-state index contributed by atoms with van der Waals surface area (Å²) < 4.78 is 0. The summed E-state index contributed by atoms with van der Waals surface area (Å²) in [4.78, 5) is 2.60. The number of likely N-dealkylation sites (tertiary alicyclic amines) is 1. The Morgan fingerprint density at radius 1 is 1.11 bits per heavy atom. The highest BCUT2D eigenvalue weighted by atomic mass is 16.3. The van der Waals surface area contributed by atoms with Gasteiger partial charge in [-0.2, -0.15) is 0 Å². The third-order valence-electron chi connectivity index (χ3n) is 4.77. The Labute approximate surface area is 118 Å². The van der Waals surface area contributed by atoms with Crippen molar-refractivity contribution in [2.45, 2.75) is 70.4 Å². The summed E-state index contributed by atoms with van der Waals surface area (Å²) in [5.41, 5.74) is 0. The molecule has 3 heteroatoms. The fourth-order valence-electron chi connectivity index (χ4n) is 3.92. The molecule has 3 nitrogen and oxygen atoms in total. The van der Waals surface area contributed by atoms with E-state index in [2.05, 4.69) is 17.1 Å². The van der Waals surface area contributed by atoms with E-state index in [9.17, 15) is 5.11 Å². The van der Waals surface area contributed by atoms with Crippen LogP contribution in [0.15, 0.2) is 0 Å². The van der Waals surface area contributed by atoms with Crippen molar-refractivity contribution in [2.24, 2.45) is 5.92 Å². The normalized spacial score (nSPS) is 30.6. The topological polar surface area (TPSA) is 35.5 Å². The number of hydrogen-bond acceptors (Lipinski definition) is 3. The minimum absolute atomic E-state index is 0.348.